The van der Waals surface area contributed by atoms with Crippen molar-refractivity contribution in [2.75, 3.05) is 11.9 Å². The molecular weight excluding hydrogens is 442 g/mol. The molecule has 4 heterocycles. The van der Waals surface area contributed by atoms with Gasteiger partial charge in [-0.25, -0.2) is 28.7 Å². The smallest absolute Gasteiger partial charge is 0.270 e. The zero-order chi connectivity index (χ0) is 23.9. The van der Waals surface area contributed by atoms with Crippen LogP contribution in [0.4, 0.5) is 14.6 Å². The van der Waals surface area contributed by atoms with Crippen molar-refractivity contribution in [2.24, 2.45) is 0 Å². The molecule has 0 radical (unpaired) electrons. The molecule has 0 saturated carbocycles. The Bertz CT molecular complexity index is 1360. The summed E-state index contributed by atoms with van der Waals surface area (Å²) in [5, 5.41) is 14.8. The molecule has 0 amide bonds. The second-order valence-corrected chi connectivity index (χ2v) is 8.30. The average Bonchev–Trinajstić information content (AvgIpc) is 3.09. The van der Waals surface area contributed by atoms with Crippen molar-refractivity contribution in [3.8, 4) is 5.75 Å². The molecule has 2 N–H and O–H groups in total. The topological polar surface area (TPSA) is 106 Å². The molecule has 0 bridgehead atoms. The summed E-state index contributed by atoms with van der Waals surface area (Å²) in [6.45, 7) is 3.08. The normalized spacial score (nSPS) is 19.6. The van der Waals surface area contributed by atoms with Gasteiger partial charge in [0, 0.05) is 43.2 Å². The van der Waals surface area contributed by atoms with Crippen LogP contribution < -0.4 is 10.1 Å². The summed E-state index contributed by atoms with van der Waals surface area (Å²) in [5.41, 5.74) is 0.851. The molecule has 0 fully saturated rings. The summed E-state index contributed by atoms with van der Waals surface area (Å²) in [5.74, 6) is -1.95. The van der Waals surface area contributed by atoms with E-state index in [1.807, 2.05) is 12.1 Å². The fraction of sp³-hybridized carbons (Fsp3) is 0.292. The summed E-state index contributed by atoms with van der Waals surface area (Å²) in [6, 6.07) is 7.97. The van der Waals surface area contributed by atoms with E-state index in [4.69, 9.17) is 4.74 Å². The summed E-state index contributed by atoms with van der Waals surface area (Å²) >= 11 is 0. The summed E-state index contributed by atoms with van der Waals surface area (Å²) < 4.78 is 33.6. The third-order valence-corrected chi connectivity index (χ3v) is 5.98. The molecule has 34 heavy (non-hydrogen) atoms. The Kier molecular flexibility index (Phi) is 5.32. The Hall–Kier alpha value is -3.79. The maximum absolute atomic E-state index is 13.9. The van der Waals surface area contributed by atoms with Gasteiger partial charge in [-0.2, -0.15) is 0 Å². The molecule has 2 unspecified atom stereocenters. The highest BCUT2D eigenvalue weighted by molar-refractivity contribution is 5.81. The van der Waals surface area contributed by atoms with Crippen molar-refractivity contribution in [1.82, 2.24) is 24.9 Å². The zero-order valence-corrected chi connectivity index (χ0v) is 18.5. The second-order valence-electron chi connectivity index (χ2n) is 8.30. The van der Waals surface area contributed by atoms with E-state index in [0.717, 1.165) is 12.5 Å². The lowest BCUT2D eigenvalue weighted by atomic mass is 9.85. The number of nitrogens with zero attached hydrogens (tertiary/aromatic N) is 5. The van der Waals surface area contributed by atoms with Gasteiger partial charge in [-0.05, 0) is 37.1 Å². The highest BCUT2D eigenvalue weighted by Crippen LogP contribution is 2.46. The van der Waals surface area contributed by atoms with Crippen LogP contribution in [0.1, 0.15) is 36.2 Å². The third-order valence-electron chi connectivity index (χ3n) is 5.98. The fourth-order valence-corrected chi connectivity index (χ4v) is 4.14. The first-order valence-electron chi connectivity index (χ1n) is 10.8. The van der Waals surface area contributed by atoms with Crippen LogP contribution in [0.2, 0.25) is 0 Å². The lowest BCUT2D eigenvalue weighted by molar-refractivity contribution is -0.00188. The molecule has 1 aromatic carbocycles. The zero-order valence-electron chi connectivity index (χ0n) is 18.5. The van der Waals surface area contributed by atoms with E-state index >= 15 is 0 Å². The summed E-state index contributed by atoms with van der Waals surface area (Å²) in [7, 11) is 0. The van der Waals surface area contributed by atoms with E-state index in [-0.39, 0.29) is 11.3 Å². The predicted octanol–water partition coefficient (Wildman–Crippen LogP) is 3.60. The minimum absolute atomic E-state index is 0.129. The lowest BCUT2D eigenvalue weighted by Crippen LogP contribution is -2.38. The quantitative estimate of drug-likeness (QED) is 0.446. The maximum Gasteiger partial charge on any atom is 0.270 e. The van der Waals surface area contributed by atoms with Gasteiger partial charge in [-0.1, -0.05) is 12.1 Å². The van der Waals surface area contributed by atoms with E-state index in [2.05, 4.69) is 30.2 Å². The van der Waals surface area contributed by atoms with Crippen LogP contribution in [0.15, 0.2) is 55.2 Å². The maximum atomic E-state index is 13.9. The number of rotatable bonds is 6. The molecule has 1 aliphatic heterocycles. The van der Waals surface area contributed by atoms with Crippen molar-refractivity contribution in [3.63, 3.8) is 0 Å². The number of pyridine rings is 1. The van der Waals surface area contributed by atoms with Crippen molar-refractivity contribution < 1.29 is 18.6 Å². The number of nitrogens with one attached hydrogen (secondary N) is 1. The van der Waals surface area contributed by atoms with Gasteiger partial charge in [0.2, 0.25) is 0 Å². The van der Waals surface area contributed by atoms with Gasteiger partial charge in [0.1, 0.15) is 23.7 Å². The van der Waals surface area contributed by atoms with Gasteiger partial charge < -0.3 is 15.2 Å². The highest BCUT2D eigenvalue weighted by atomic mass is 19.3. The number of fused-ring (bicyclic) bond motifs is 2. The molecule has 8 nitrogen and oxygen atoms in total. The number of halogens is 2. The molecule has 4 aromatic rings. The predicted molar refractivity (Wildman–Crippen MR) is 121 cm³/mol. The number of hydrogen-bond donors (Lipinski definition) is 2. The first-order valence-corrected chi connectivity index (χ1v) is 10.8. The Morgan fingerprint density at radius 1 is 1.06 bits per heavy atom. The van der Waals surface area contributed by atoms with Crippen LogP contribution in [0.25, 0.3) is 11.2 Å². The van der Waals surface area contributed by atoms with Crippen molar-refractivity contribution >= 4 is 17.0 Å². The number of benzene rings is 1. The Morgan fingerprint density at radius 3 is 2.71 bits per heavy atom. The van der Waals surface area contributed by atoms with Crippen molar-refractivity contribution in [3.05, 3.63) is 77.6 Å². The molecule has 3 aromatic heterocycles. The SMILES string of the molecule is CC1Oc2cc(CCNc3ncnc4nccnc34)ccc2C1(O)c1cc(C(C)(F)F)ccn1. The van der Waals surface area contributed by atoms with Gasteiger partial charge in [-0.15, -0.1) is 0 Å². The minimum Gasteiger partial charge on any atom is -0.486 e. The number of anilines is 1. The van der Waals surface area contributed by atoms with Crippen LogP contribution in [0, 0.1) is 0 Å². The molecule has 174 valence electrons. The Balaban J connectivity index is 1.36. The van der Waals surface area contributed by atoms with E-state index in [9.17, 15) is 13.9 Å². The number of alkyl halides is 2. The van der Waals surface area contributed by atoms with Crippen molar-refractivity contribution in [2.45, 2.75) is 37.9 Å². The monoisotopic (exact) mass is 464 g/mol. The summed E-state index contributed by atoms with van der Waals surface area (Å²) in [6.07, 6.45) is 5.82. The Morgan fingerprint density at radius 2 is 1.88 bits per heavy atom. The molecule has 2 atom stereocenters. The number of ether oxygens (including phenoxy) is 1. The van der Waals surface area contributed by atoms with Gasteiger partial charge in [0.25, 0.3) is 5.92 Å². The van der Waals surface area contributed by atoms with Crippen LogP contribution >= 0.6 is 0 Å². The summed E-state index contributed by atoms with van der Waals surface area (Å²) in [4.78, 5) is 21.0. The van der Waals surface area contributed by atoms with E-state index < -0.39 is 17.6 Å². The highest BCUT2D eigenvalue weighted by Gasteiger charge is 2.48. The number of hydrogen-bond acceptors (Lipinski definition) is 8. The Labute approximate surface area is 194 Å². The van der Waals surface area contributed by atoms with Crippen molar-refractivity contribution in [1.29, 1.82) is 0 Å². The largest absolute Gasteiger partial charge is 0.486 e. The standard InChI is InChI=1S/C24H22F2N6O2/c1-14-24(33,19-12-16(6-8-27-19)23(2,25)26)17-4-3-15(11-18(17)34-14)5-7-29-21-20-22(32-13-31-21)30-10-9-28-20/h3-4,6,8-14,33H,5,7H2,1-2H3,(H,29,30,31,32). The molecule has 5 rings (SSSR count). The minimum atomic E-state index is -3.04. The lowest BCUT2D eigenvalue weighted by Gasteiger charge is -2.27. The van der Waals surface area contributed by atoms with Crippen LogP contribution in [-0.2, 0) is 17.9 Å². The van der Waals surface area contributed by atoms with Gasteiger partial charge in [0.05, 0.1) is 5.69 Å². The van der Waals surface area contributed by atoms with E-state index in [1.54, 1.807) is 25.4 Å². The van der Waals surface area contributed by atoms with Crippen LogP contribution in [-0.4, -0.2) is 42.7 Å². The molecule has 10 heteroatoms. The van der Waals surface area contributed by atoms with Crippen LogP contribution in [0.5, 0.6) is 5.75 Å². The van der Waals surface area contributed by atoms with Gasteiger partial charge in [-0.3, -0.25) is 4.98 Å². The average molecular weight is 464 g/mol. The van der Waals surface area contributed by atoms with E-state index in [1.165, 1.54) is 24.7 Å². The molecule has 1 aliphatic rings. The van der Waals surface area contributed by atoms with Gasteiger partial charge in [0.15, 0.2) is 17.1 Å². The van der Waals surface area contributed by atoms with Crippen LogP contribution in [0.3, 0.4) is 0 Å². The second kappa shape index (κ2) is 8.21. The molecular formula is C24H22F2N6O2. The van der Waals surface area contributed by atoms with Gasteiger partial charge >= 0.3 is 0 Å². The first-order chi connectivity index (χ1) is 16.3. The first kappa shape index (κ1) is 22.0. The number of aliphatic hydroxyl groups is 1. The number of aromatic nitrogens is 5. The third kappa shape index (κ3) is 3.79. The van der Waals surface area contributed by atoms with E-state index in [0.29, 0.717) is 41.3 Å². The molecule has 0 aliphatic carbocycles. The molecule has 0 spiro atoms. The fourth-order valence-electron chi connectivity index (χ4n) is 4.14. The molecule has 0 saturated heterocycles.